The van der Waals surface area contributed by atoms with E-state index in [1.54, 1.807) is 0 Å². The molecule has 1 saturated carbocycles. The molecule has 1 aliphatic heterocycles. The standard InChI is InChI=1S/C12H12O4/c13-12(14)9-6-8(9)7-2-1-3-10-11(7)16-5-4-15-10/h1-3,8-9H,4-6H2,(H,13,14). The minimum atomic E-state index is -0.723. The number of rotatable bonds is 2. The third-order valence-electron chi connectivity index (χ3n) is 3.10. The van der Waals surface area contributed by atoms with E-state index in [0.717, 1.165) is 17.1 Å². The fraction of sp³-hybridized carbons (Fsp3) is 0.417. The first-order chi connectivity index (χ1) is 7.77. The Bertz CT molecular complexity index is 441. The van der Waals surface area contributed by atoms with Crippen LogP contribution in [-0.2, 0) is 4.79 Å². The summed E-state index contributed by atoms with van der Waals surface area (Å²) in [5.41, 5.74) is 0.976. The smallest absolute Gasteiger partial charge is 0.307 e. The Kier molecular flexibility index (Phi) is 2.02. The van der Waals surface area contributed by atoms with Gasteiger partial charge in [-0.05, 0) is 12.5 Å². The van der Waals surface area contributed by atoms with Crippen LogP contribution in [0.2, 0.25) is 0 Å². The van der Waals surface area contributed by atoms with Gasteiger partial charge in [0.1, 0.15) is 13.2 Å². The van der Waals surface area contributed by atoms with E-state index in [1.807, 2.05) is 18.2 Å². The van der Waals surface area contributed by atoms with Gasteiger partial charge in [0, 0.05) is 11.5 Å². The Balaban J connectivity index is 1.93. The first-order valence-electron chi connectivity index (χ1n) is 5.38. The van der Waals surface area contributed by atoms with Crippen molar-refractivity contribution in [1.82, 2.24) is 0 Å². The molecule has 1 fully saturated rings. The van der Waals surface area contributed by atoms with E-state index in [1.165, 1.54) is 0 Å². The summed E-state index contributed by atoms with van der Waals surface area (Å²) in [4.78, 5) is 10.8. The van der Waals surface area contributed by atoms with Crippen LogP contribution in [-0.4, -0.2) is 24.3 Å². The molecule has 1 aromatic carbocycles. The maximum absolute atomic E-state index is 10.8. The van der Waals surface area contributed by atoms with Gasteiger partial charge in [0.25, 0.3) is 0 Å². The van der Waals surface area contributed by atoms with Crippen molar-refractivity contribution in [2.45, 2.75) is 12.3 Å². The lowest BCUT2D eigenvalue weighted by Crippen LogP contribution is -2.16. The van der Waals surface area contributed by atoms with E-state index < -0.39 is 5.97 Å². The summed E-state index contributed by atoms with van der Waals surface area (Å²) < 4.78 is 11.0. The third-order valence-corrected chi connectivity index (χ3v) is 3.10. The molecule has 0 spiro atoms. The van der Waals surface area contributed by atoms with Crippen LogP contribution < -0.4 is 9.47 Å². The lowest BCUT2D eigenvalue weighted by atomic mass is 10.1. The van der Waals surface area contributed by atoms with Gasteiger partial charge in [0.2, 0.25) is 0 Å². The summed E-state index contributed by atoms with van der Waals surface area (Å²) in [5.74, 6) is 0.591. The van der Waals surface area contributed by atoms with Gasteiger partial charge >= 0.3 is 5.97 Å². The molecule has 1 aromatic rings. The molecular weight excluding hydrogens is 208 g/mol. The highest BCUT2D eigenvalue weighted by Crippen LogP contribution is 2.52. The van der Waals surface area contributed by atoms with Crippen molar-refractivity contribution in [1.29, 1.82) is 0 Å². The zero-order valence-corrected chi connectivity index (χ0v) is 8.68. The van der Waals surface area contributed by atoms with Crippen molar-refractivity contribution in [3.05, 3.63) is 23.8 Å². The number of carboxylic acid groups (broad SMARTS) is 1. The number of benzene rings is 1. The molecule has 0 aromatic heterocycles. The van der Waals surface area contributed by atoms with Gasteiger partial charge in [-0.3, -0.25) is 4.79 Å². The summed E-state index contributed by atoms with van der Waals surface area (Å²) in [6, 6.07) is 5.68. The summed E-state index contributed by atoms with van der Waals surface area (Å²) >= 11 is 0. The molecule has 16 heavy (non-hydrogen) atoms. The fourth-order valence-corrected chi connectivity index (χ4v) is 2.20. The van der Waals surface area contributed by atoms with Crippen LogP contribution in [0.25, 0.3) is 0 Å². The zero-order chi connectivity index (χ0) is 11.1. The van der Waals surface area contributed by atoms with Crippen molar-refractivity contribution >= 4 is 5.97 Å². The highest BCUT2D eigenvalue weighted by molar-refractivity contribution is 5.76. The van der Waals surface area contributed by atoms with Crippen molar-refractivity contribution in [2.24, 2.45) is 5.92 Å². The SMILES string of the molecule is O=C(O)C1CC1c1cccc2c1OCCO2. The Morgan fingerprint density at radius 1 is 1.31 bits per heavy atom. The number of carbonyl (C=O) groups is 1. The molecule has 84 valence electrons. The molecule has 2 atom stereocenters. The number of fused-ring (bicyclic) bond motifs is 1. The van der Waals surface area contributed by atoms with Crippen LogP contribution in [0.4, 0.5) is 0 Å². The molecule has 2 unspecified atom stereocenters. The van der Waals surface area contributed by atoms with E-state index in [-0.39, 0.29) is 11.8 Å². The fourth-order valence-electron chi connectivity index (χ4n) is 2.20. The molecule has 1 heterocycles. The van der Waals surface area contributed by atoms with Gasteiger partial charge in [-0.1, -0.05) is 12.1 Å². The molecule has 1 aliphatic carbocycles. The quantitative estimate of drug-likeness (QED) is 0.823. The van der Waals surface area contributed by atoms with Gasteiger partial charge < -0.3 is 14.6 Å². The highest BCUT2D eigenvalue weighted by Gasteiger charge is 2.46. The van der Waals surface area contributed by atoms with Crippen LogP contribution in [0.5, 0.6) is 11.5 Å². The van der Waals surface area contributed by atoms with E-state index in [4.69, 9.17) is 14.6 Å². The Morgan fingerprint density at radius 2 is 2.12 bits per heavy atom. The van der Waals surface area contributed by atoms with Crippen LogP contribution in [0.15, 0.2) is 18.2 Å². The molecular formula is C12H12O4. The van der Waals surface area contributed by atoms with Crippen LogP contribution in [0.1, 0.15) is 17.9 Å². The van der Waals surface area contributed by atoms with Gasteiger partial charge in [-0.2, -0.15) is 0 Å². The Hall–Kier alpha value is -1.71. The average Bonchev–Trinajstić information content (AvgIpc) is 3.08. The number of hydrogen-bond donors (Lipinski definition) is 1. The normalized spacial score (nSPS) is 26.2. The second kappa shape index (κ2) is 3.40. The number of para-hydroxylation sites is 1. The lowest BCUT2D eigenvalue weighted by Gasteiger charge is -2.20. The Labute approximate surface area is 92.8 Å². The lowest BCUT2D eigenvalue weighted by molar-refractivity contribution is -0.138. The van der Waals surface area contributed by atoms with Crippen molar-refractivity contribution < 1.29 is 19.4 Å². The molecule has 1 N–H and O–H groups in total. The average molecular weight is 220 g/mol. The topological polar surface area (TPSA) is 55.8 Å². The summed E-state index contributed by atoms with van der Waals surface area (Å²) in [7, 11) is 0. The summed E-state index contributed by atoms with van der Waals surface area (Å²) in [6.07, 6.45) is 0.704. The molecule has 4 nitrogen and oxygen atoms in total. The first kappa shape index (κ1) is 9.51. The maximum atomic E-state index is 10.8. The molecule has 4 heteroatoms. The van der Waals surface area contributed by atoms with E-state index in [9.17, 15) is 4.79 Å². The van der Waals surface area contributed by atoms with Gasteiger partial charge in [0.15, 0.2) is 11.5 Å². The van der Waals surface area contributed by atoms with Crippen molar-refractivity contribution in [3.63, 3.8) is 0 Å². The maximum Gasteiger partial charge on any atom is 0.307 e. The number of carboxylic acids is 1. The van der Waals surface area contributed by atoms with Crippen molar-refractivity contribution in [3.8, 4) is 11.5 Å². The second-order valence-corrected chi connectivity index (χ2v) is 4.16. The van der Waals surface area contributed by atoms with Crippen LogP contribution >= 0.6 is 0 Å². The molecule has 3 rings (SSSR count). The second-order valence-electron chi connectivity index (χ2n) is 4.16. The number of aliphatic carboxylic acids is 1. The zero-order valence-electron chi connectivity index (χ0n) is 8.68. The number of hydrogen-bond acceptors (Lipinski definition) is 3. The highest BCUT2D eigenvalue weighted by atomic mass is 16.6. The van der Waals surface area contributed by atoms with E-state index >= 15 is 0 Å². The monoisotopic (exact) mass is 220 g/mol. The third kappa shape index (κ3) is 1.41. The largest absolute Gasteiger partial charge is 0.486 e. The molecule has 2 aliphatic rings. The van der Waals surface area contributed by atoms with Gasteiger partial charge in [0.05, 0.1) is 5.92 Å². The summed E-state index contributed by atoms with van der Waals surface area (Å²) in [6.45, 7) is 1.10. The van der Waals surface area contributed by atoms with Crippen LogP contribution in [0.3, 0.4) is 0 Å². The number of ether oxygens (including phenoxy) is 2. The molecule has 0 amide bonds. The van der Waals surface area contributed by atoms with E-state index in [2.05, 4.69) is 0 Å². The van der Waals surface area contributed by atoms with E-state index in [0.29, 0.717) is 19.6 Å². The van der Waals surface area contributed by atoms with Crippen molar-refractivity contribution in [2.75, 3.05) is 13.2 Å². The minimum Gasteiger partial charge on any atom is -0.486 e. The Morgan fingerprint density at radius 3 is 2.88 bits per heavy atom. The summed E-state index contributed by atoms with van der Waals surface area (Å²) in [5, 5.41) is 8.92. The molecule has 0 radical (unpaired) electrons. The predicted octanol–water partition coefficient (Wildman–Crippen LogP) is 1.65. The van der Waals surface area contributed by atoms with Gasteiger partial charge in [-0.15, -0.1) is 0 Å². The first-order valence-corrected chi connectivity index (χ1v) is 5.38. The molecule has 0 saturated heterocycles. The van der Waals surface area contributed by atoms with Crippen LogP contribution in [0, 0.1) is 5.92 Å². The predicted molar refractivity (Wildman–Crippen MR) is 55.9 cm³/mol. The molecule has 0 bridgehead atoms. The minimum absolute atomic E-state index is 0.0918. The van der Waals surface area contributed by atoms with Gasteiger partial charge in [-0.25, -0.2) is 0 Å².